The minimum atomic E-state index is -5.10. The number of azo groups is 1. The molecule has 4 rings (SSSR count). The standard InChI is InChI=1S/C23H18N4O6S2.2Na/c28-34(29,30)20-13-17-11-12-19(14-21(17)22(15-20)35(31,32)33)25-27-23(16-7-3-1-4-8-16)26-24-18-9-5-2-6-10-18;;/h1-15,24H,(H,28,29,30)(H,31,32,33);;/q;2*+1/p-2. The summed E-state index contributed by atoms with van der Waals surface area (Å²) >= 11 is 0. The first kappa shape index (κ1) is 31.2. The van der Waals surface area contributed by atoms with Crippen LogP contribution in [-0.4, -0.2) is 31.8 Å². The van der Waals surface area contributed by atoms with Crippen molar-refractivity contribution in [3.05, 3.63) is 96.6 Å². The molecule has 0 aliphatic heterocycles. The molecular formula is C23H16N4Na2O6S2. The molecule has 14 heteroatoms. The number of rotatable bonds is 6. The topological polar surface area (TPSA) is 164 Å². The minimum Gasteiger partial charge on any atom is -0.744 e. The summed E-state index contributed by atoms with van der Waals surface area (Å²) in [5.41, 5.74) is 4.42. The predicted molar refractivity (Wildman–Crippen MR) is 127 cm³/mol. The van der Waals surface area contributed by atoms with Gasteiger partial charge in [0, 0.05) is 10.9 Å². The van der Waals surface area contributed by atoms with Gasteiger partial charge in [-0.05, 0) is 41.8 Å². The van der Waals surface area contributed by atoms with Gasteiger partial charge in [0.05, 0.1) is 21.2 Å². The second-order valence-corrected chi connectivity index (χ2v) is 9.94. The molecule has 0 fully saturated rings. The summed E-state index contributed by atoms with van der Waals surface area (Å²) in [5, 5.41) is 12.6. The molecule has 0 saturated carbocycles. The zero-order valence-electron chi connectivity index (χ0n) is 19.8. The second kappa shape index (κ2) is 13.2. The fourth-order valence-corrected chi connectivity index (χ4v) is 4.49. The Morgan fingerprint density at radius 3 is 1.95 bits per heavy atom. The fraction of sp³-hybridized carbons (Fsp3) is 0. The molecule has 0 radical (unpaired) electrons. The van der Waals surface area contributed by atoms with Gasteiger partial charge in [-0.15, -0.1) is 10.2 Å². The molecule has 0 atom stereocenters. The van der Waals surface area contributed by atoms with Crippen molar-refractivity contribution in [2.45, 2.75) is 9.79 Å². The van der Waals surface area contributed by atoms with E-state index in [9.17, 15) is 25.9 Å². The number of hydrogen-bond acceptors (Lipinski definition) is 9. The largest absolute Gasteiger partial charge is 1.00 e. The van der Waals surface area contributed by atoms with E-state index in [0.717, 1.165) is 11.8 Å². The first-order chi connectivity index (χ1) is 16.6. The molecule has 0 heterocycles. The number of para-hydroxylation sites is 1. The normalized spacial score (nSPS) is 12.1. The molecule has 0 unspecified atom stereocenters. The molecule has 37 heavy (non-hydrogen) atoms. The number of amidine groups is 1. The summed E-state index contributed by atoms with van der Waals surface area (Å²) in [7, 11) is -10.1. The third-order valence-electron chi connectivity index (χ3n) is 4.79. The van der Waals surface area contributed by atoms with Crippen LogP contribution < -0.4 is 64.5 Å². The molecule has 178 valence electrons. The molecule has 0 saturated heterocycles. The monoisotopic (exact) mass is 554 g/mol. The van der Waals surface area contributed by atoms with E-state index >= 15 is 0 Å². The number of nitrogens with zero attached hydrogens (tertiary/aromatic N) is 3. The Kier molecular flexibility index (Phi) is 11.1. The zero-order chi connectivity index (χ0) is 25.1. The van der Waals surface area contributed by atoms with Crippen LogP contribution in [0.25, 0.3) is 10.8 Å². The number of hydrazone groups is 1. The number of nitrogens with one attached hydrogen (secondary N) is 1. The van der Waals surface area contributed by atoms with E-state index in [1.807, 2.05) is 36.4 Å². The maximum Gasteiger partial charge on any atom is 1.00 e. The van der Waals surface area contributed by atoms with Crippen molar-refractivity contribution in [2.24, 2.45) is 15.3 Å². The summed E-state index contributed by atoms with van der Waals surface area (Å²) in [4.78, 5) is -1.66. The van der Waals surface area contributed by atoms with Crippen LogP contribution in [-0.2, 0) is 20.2 Å². The first-order valence-corrected chi connectivity index (χ1v) is 12.8. The zero-order valence-corrected chi connectivity index (χ0v) is 25.4. The Morgan fingerprint density at radius 1 is 0.730 bits per heavy atom. The number of anilines is 1. The van der Waals surface area contributed by atoms with Crippen LogP contribution in [0.15, 0.2) is 116 Å². The Balaban J connectivity index is 0.00000241. The van der Waals surface area contributed by atoms with Crippen LogP contribution in [0.3, 0.4) is 0 Å². The van der Waals surface area contributed by atoms with E-state index in [1.54, 1.807) is 24.3 Å². The van der Waals surface area contributed by atoms with E-state index in [-0.39, 0.29) is 81.4 Å². The van der Waals surface area contributed by atoms with E-state index in [4.69, 9.17) is 0 Å². The SMILES string of the molecule is O=S(=O)([O-])c1cc(S(=O)(=O)[O-])c2cc(N=NC(=NNc3ccccc3)c3ccccc3)ccc2c1.[Na+].[Na+]. The third kappa shape index (κ3) is 8.26. The third-order valence-corrected chi connectivity index (χ3v) is 6.48. The van der Waals surface area contributed by atoms with Crippen LogP contribution in [0.1, 0.15) is 5.56 Å². The van der Waals surface area contributed by atoms with E-state index in [1.165, 1.54) is 18.2 Å². The van der Waals surface area contributed by atoms with Crippen LogP contribution in [0.4, 0.5) is 11.4 Å². The van der Waals surface area contributed by atoms with Gasteiger partial charge in [-0.25, -0.2) is 16.8 Å². The Morgan fingerprint density at radius 2 is 1.35 bits per heavy atom. The van der Waals surface area contributed by atoms with E-state index in [0.29, 0.717) is 11.6 Å². The summed E-state index contributed by atoms with van der Waals surface area (Å²) in [6, 6.07) is 23.7. The van der Waals surface area contributed by atoms with Crippen LogP contribution >= 0.6 is 0 Å². The van der Waals surface area contributed by atoms with Gasteiger partial charge in [-0.1, -0.05) is 54.6 Å². The van der Waals surface area contributed by atoms with Crippen molar-refractivity contribution < 1.29 is 85.1 Å². The van der Waals surface area contributed by atoms with Gasteiger partial charge < -0.3 is 9.11 Å². The van der Waals surface area contributed by atoms with E-state index < -0.39 is 30.0 Å². The van der Waals surface area contributed by atoms with Crippen molar-refractivity contribution in [2.75, 3.05) is 5.43 Å². The Labute approximate surface area is 258 Å². The van der Waals surface area contributed by atoms with E-state index in [2.05, 4.69) is 20.8 Å². The van der Waals surface area contributed by atoms with Gasteiger partial charge >= 0.3 is 59.1 Å². The number of hydrogen-bond donors (Lipinski definition) is 1. The predicted octanol–water partition coefficient (Wildman–Crippen LogP) is -1.79. The van der Waals surface area contributed by atoms with Gasteiger partial charge in [0.1, 0.15) is 20.2 Å². The van der Waals surface area contributed by atoms with Crippen LogP contribution in [0, 0.1) is 0 Å². The second-order valence-electron chi connectivity index (χ2n) is 7.21. The van der Waals surface area contributed by atoms with Crippen LogP contribution in [0.5, 0.6) is 0 Å². The average Bonchev–Trinajstić information content (AvgIpc) is 2.83. The molecule has 1 N–H and O–H groups in total. The minimum absolute atomic E-state index is 0. The van der Waals surface area contributed by atoms with Crippen LogP contribution in [0.2, 0.25) is 0 Å². The maximum atomic E-state index is 11.8. The quantitative estimate of drug-likeness (QED) is 0.0735. The molecule has 0 aromatic heterocycles. The van der Waals surface area contributed by atoms with Crippen molar-refractivity contribution in [1.29, 1.82) is 0 Å². The van der Waals surface area contributed by atoms with Crippen molar-refractivity contribution >= 4 is 48.2 Å². The van der Waals surface area contributed by atoms with Gasteiger partial charge in [0.25, 0.3) is 0 Å². The molecule has 0 aliphatic carbocycles. The molecule has 4 aromatic carbocycles. The Bertz CT molecular complexity index is 1670. The van der Waals surface area contributed by atoms with Crippen molar-refractivity contribution in [1.82, 2.24) is 0 Å². The van der Waals surface area contributed by atoms with Crippen molar-refractivity contribution in [3.63, 3.8) is 0 Å². The molecule has 0 aliphatic rings. The fourth-order valence-electron chi connectivity index (χ4n) is 3.17. The number of fused-ring (bicyclic) bond motifs is 1. The summed E-state index contributed by atoms with van der Waals surface area (Å²) in [6.45, 7) is 0. The first-order valence-electron chi connectivity index (χ1n) is 9.97. The summed E-state index contributed by atoms with van der Waals surface area (Å²) < 4.78 is 69.5. The Hall–Kier alpha value is -1.97. The molecule has 0 spiro atoms. The molecule has 4 aromatic rings. The van der Waals surface area contributed by atoms with Crippen molar-refractivity contribution in [3.8, 4) is 0 Å². The number of benzene rings is 4. The van der Waals surface area contributed by atoms with Gasteiger partial charge in [-0.3, -0.25) is 5.43 Å². The van der Waals surface area contributed by atoms with Gasteiger partial charge in [-0.2, -0.15) is 5.10 Å². The molecule has 10 nitrogen and oxygen atoms in total. The van der Waals surface area contributed by atoms with Gasteiger partial charge in [0.15, 0.2) is 0 Å². The van der Waals surface area contributed by atoms with Gasteiger partial charge in [0.2, 0.25) is 5.84 Å². The molecular weight excluding hydrogens is 538 g/mol. The molecule has 0 bridgehead atoms. The summed E-state index contributed by atoms with van der Waals surface area (Å²) in [5.74, 6) is 0.221. The summed E-state index contributed by atoms with van der Waals surface area (Å²) in [6.07, 6.45) is 0. The molecule has 0 amide bonds. The smallest absolute Gasteiger partial charge is 0.744 e. The average molecular weight is 555 g/mol. The maximum absolute atomic E-state index is 11.8.